The number of carbonyl (C=O) groups is 1. The maximum absolute atomic E-state index is 13.0. The summed E-state index contributed by atoms with van der Waals surface area (Å²) >= 11 is 6.10. The molecular formula is C18H21ClN4O3. The van der Waals surface area contributed by atoms with Crippen molar-refractivity contribution in [3.05, 3.63) is 34.4 Å². The minimum absolute atomic E-state index is 0.0826. The van der Waals surface area contributed by atoms with Crippen LogP contribution in [0.15, 0.2) is 16.7 Å². The number of anilines is 1. The summed E-state index contributed by atoms with van der Waals surface area (Å²) < 4.78 is 10.7. The minimum atomic E-state index is -0.126. The van der Waals surface area contributed by atoms with E-state index in [2.05, 4.69) is 10.1 Å². The molecule has 1 saturated heterocycles. The molecule has 26 heavy (non-hydrogen) atoms. The van der Waals surface area contributed by atoms with Gasteiger partial charge < -0.3 is 19.9 Å². The third kappa shape index (κ3) is 3.23. The molecule has 1 atom stereocenters. The van der Waals surface area contributed by atoms with Gasteiger partial charge in [0.2, 0.25) is 5.89 Å². The van der Waals surface area contributed by atoms with Crippen molar-refractivity contribution in [2.24, 2.45) is 0 Å². The number of hydrogen-bond acceptors (Lipinski definition) is 6. The predicted octanol–water partition coefficient (Wildman–Crippen LogP) is 3.21. The number of ether oxygens (including phenoxy) is 1. The fourth-order valence-electron chi connectivity index (χ4n) is 3.36. The van der Waals surface area contributed by atoms with E-state index < -0.39 is 0 Å². The zero-order valence-electron chi connectivity index (χ0n) is 14.6. The Morgan fingerprint density at radius 3 is 2.88 bits per heavy atom. The van der Waals surface area contributed by atoms with E-state index in [1.807, 2.05) is 0 Å². The van der Waals surface area contributed by atoms with E-state index in [9.17, 15) is 4.79 Å². The van der Waals surface area contributed by atoms with Gasteiger partial charge in [-0.2, -0.15) is 4.98 Å². The number of amides is 1. The van der Waals surface area contributed by atoms with Crippen molar-refractivity contribution in [2.45, 2.75) is 37.5 Å². The molecule has 1 saturated carbocycles. The number of nitrogens with two attached hydrogens (primary N) is 1. The van der Waals surface area contributed by atoms with Crippen LogP contribution in [-0.4, -0.2) is 41.1 Å². The molecule has 1 aliphatic carbocycles. The maximum atomic E-state index is 13.0. The van der Waals surface area contributed by atoms with Crippen LogP contribution in [0.1, 0.15) is 59.6 Å². The molecule has 1 amide bonds. The van der Waals surface area contributed by atoms with Crippen LogP contribution in [0.25, 0.3) is 0 Å². The topological polar surface area (TPSA) is 94.5 Å². The highest BCUT2D eigenvalue weighted by atomic mass is 35.5. The number of aromatic nitrogens is 2. The van der Waals surface area contributed by atoms with Crippen molar-refractivity contribution >= 4 is 23.2 Å². The van der Waals surface area contributed by atoms with Crippen LogP contribution in [0.4, 0.5) is 5.69 Å². The van der Waals surface area contributed by atoms with Gasteiger partial charge in [0.05, 0.1) is 23.4 Å². The molecule has 2 N–H and O–H groups in total. The average Bonchev–Trinajstić information content (AvgIpc) is 3.40. The van der Waals surface area contributed by atoms with Crippen molar-refractivity contribution in [2.75, 3.05) is 25.9 Å². The van der Waals surface area contributed by atoms with Gasteiger partial charge in [-0.1, -0.05) is 16.8 Å². The molecule has 2 heterocycles. The van der Waals surface area contributed by atoms with Crippen LogP contribution in [0.5, 0.6) is 5.75 Å². The fourth-order valence-corrected chi connectivity index (χ4v) is 3.52. The third-order valence-electron chi connectivity index (χ3n) is 5.01. The summed E-state index contributed by atoms with van der Waals surface area (Å²) in [7, 11) is 1.51. The summed E-state index contributed by atoms with van der Waals surface area (Å²) in [6, 6.07) is 3.15. The Balaban J connectivity index is 1.53. The highest BCUT2D eigenvalue weighted by molar-refractivity contribution is 6.33. The van der Waals surface area contributed by atoms with E-state index in [0.717, 1.165) is 31.6 Å². The monoisotopic (exact) mass is 376 g/mol. The van der Waals surface area contributed by atoms with Gasteiger partial charge in [0.25, 0.3) is 5.91 Å². The molecule has 138 valence electrons. The molecule has 1 aromatic heterocycles. The zero-order valence-corrected chi connectivity index (χ0v) is 15.3. The number of benzene rings is 1. The molecule has 2 aliphatic rings. The van der Waals surface area contributed by atoms with Crippen LogP contribution in [0.3, 0.4) is 0 Å². The van der Waals surface area contributed by atoms with Crippen LogP contribution in [-0.2, 0) is 0 Å². The second-order valence-electron chi connectivity index (χ2n) is 6.93. The zero-order chi connectivity index (χ0) is 18.3. The standard InChI is InChI=1S/C18H21ClN4O3/c1-25-15-8-14(20)13(19)7-12(15)18(24)23-6-2-3-11(9-23)16-21-17(26-22-16)10-4-5-10/h7-8,10-11H,2-6,9,20H2,1H3. The Morgan fingerprint density at radius 2 is 2.15 bits per heavy atom. The lowest BCUT2D eigenvalue weighted by atomic mass is 9.96. The van der Waals surface area contributed by atoms with Gasteiger partial charge >= 0.3 is 0 Å². The van der Waals surface area contributed by atoms with Gasteiger partial charge in [0.1, 0.15) is 5.75 Å². The molecule has 0 radical (unpaired) electrons. The SMILES string of the molecule is COc1cc(N)c(Cl)cc1C(=O)N1CCCC(c2noc(C3CC3)n2)C1. The van der Waals surface area contributed by atoms with E-state index in [1.54, 1.807) is 17.0 Å². The number of halogens is 1. The normalized spacial score (nSPS) is 20.2. The number of nitrogen functional groups attached to an aromatic ring is 1. The van der Waals surface area contributed by atoms with Crippen molar-refractivity contribution < 1.29 is 14.1 Å². The third-order valence-corrected chi connectivity index (χ3v) is 5.33. The quantitative estimate of drug-likeness (QED) is 0.823. The first kappa shape index (κ1) is 17.1. The number of rotatable bonds is 4. The van der Waals surface area contributed by atoms with Gasteiger partial charge in [-0.25, -0.2) is 0 Å². The molecule has 0 bridgehead atoms. The summed E-state index contributed by atoms with van der Waals surface area (Å²) in [5.41, 5.74) is 6.61. The first-order valence-corrected chi connectivity index (χ1v) is 9.20. The number of likely N-dealkylation sites (tertiary alicyclic amines) is 1. The highest BCUT2D eigenvalue weighted by Gasteiger charge is 2.33. The first-order chi connectivity index (χ1) is 12.6. The molecule has 0 spiro atoms. The van der Waals surface area contributed by atoms with E-state index >= 15 is 0 Å². The highest BCUT2D eigenvalue weighted by Crippen LogP contribution is 2.40. The smallest absolute Gasteiger partial charge is 0.257 e. The number of methoxy groups -OCH3 is 1. The predicted molar refractivity (Wildman–Crippen MR) is 96.6 cm³/mol. The fraction of sp³-hybridized carbons (Fsp3) is 0.500. The first-order valence-electron chi connectivity index (χ1n) is 8.82. The number of carbonyl (C=O) groups excluding carboxylic acids is 1. The second-order valence-corrected chi connectivity index (χ2v) is 7.34. The van der Waals surface area contributed by atoms with Gasteiger partial charge in [0.15, 0.2) is 5.82 Å². The number of piperidine rings is 1. The van der Waals surface area contributed by atoms with Crippen molar-refractivity contribution in [1.82, 2.24) is 15.0 Å². The summed E-state index contributed by atoms with van der Waals surface area (Å²) in [5, 5.41) is 4.48. The van der Waals surface area contributed by atoms with Crippen molar-refractivity contribution in [1.29, 1.82) is 0 Å². The van der Waals surface area contributed by atoms with Crippen LogP contribution in [0.2, 0.25) is 5.02 Å². The summed E-state index contributed by atoms with van der Waals surface area (Å²) in [4.78, 5) is 19.4. The van der Waals surface area contributed by atoms with Crippen LogP contribution < -0.4 is 10.5 Å². The van der Waals surface area contributed by atoms with Gasteiger partial charge in [-0.05, 0) is 31.7 Å². The Bertz CT molecular complexity index is 834. The molecule has 4 rings (SSSR count). The van der Waals surface area contributed by atoms with Crippen molar-refractivity contribution in [3.8, 4) is 5.75 Å². The maximum Gasteiger partial charge on any atom is 0.257 e. The van der Waals surface area contributed by atoms with E-state index in [0.29, 0.717) is 46.9 Å². The Hall–Kier alpha value is -2.28. The summed E-state index contributed by atoms with van der Waals surface area (Å²) in [6.45, 7) is 1.22. The van der Waals surface area contributed by atoms with E-state index in [1.165, 1.54) is 7.11 Å². The lowest BCUT2D eigenvalue weighted by Crippen LogP contribution is -2.39. The number of hydrogen-bond donors (Lipinski definition) is 1. The summed E-state index contributed by atoms with van der Waals surface area (Å²) in [5.74, 6) is 2.24. The van der Waals surface area contributed by atoms with Gasteiger partial charge in [0, 0.05) is 31.0 Å². The Kier molecular flexibility index (Phi) is 4.48. The van der Waals surface area contributed by atoms with E-state index in [-0.39, 0.29) is 11.8 Å². The largest absolute Gasteiger partial charge is 0.496 e. The molecule has 7 nitrogen and oxygen atoms in total. The van der Waals surface area contributed by atoms with Crippen LogP contribution in [0, 0.1) is 0 Å². The molecule has 1 unspecified atom stereocenters. The molecule has 2 fully saturated rings. The second kappa shape index (κ2) is 6.79. The molecule has 1 aromatic carbocycles. The van der Waals surface area contributed by atoms with Crippen molar-refractivity contribution in [3.63, 3.8) is 0 Å². The lowest BCUT2D eigenvalue weighted by Gasteiger charge is -2.31. The average molecular weight is 377 g/mol. The minimum Gasteiger partial charge on any atom is -0.496 e. The number of nitrogens with zero attached hydrogens (tertiary/aromatic N) is 3. The van der Waals surface area contributed by atoms with Crippen LogP contribution >= 0.6 is 11.6 Å². The van der Waals surface area contributed by atoms with Gasteiger partial charge in [-0.15, -0.1) is 0 Å². The lowest BCUT2D eigenvalue weighted by molar-refractivity contribution is 0.0700. The molecular weight excluding hydrogens is 356 g/mol. The van der Waals surface area contributed by atoms with E-state index in [4.69, 9.17) is 26.6 Å². The Labute approximate surface area is 156 Å². The summed E-state index contributed by atoms with van der Waals surface area (Å²) in [6.07, 6.45) is 4.06. The molecule has 8 heteroatoms. The van der Waals surface area contributed by atoms with Gasteiger partial charge in [-0.3, -0.25) is 4.79 Å². The molecule has 1 aliphatic heterocycles. The Morgan fingerprint density at radius 1 is 1.35 bits per heavy atom. The molecule has 2 aromatic rings.